The summed E-state index contributed by atoms with van der Waals surface area (Å²) in [6.45, 7) is 3.59. The second kappa shape index (κ2) is 8.95. The molecular weight excluding hydrogens is 414 g/mol. The number of carbonyl (C=O) groups is 1. The summed E-state index contributed by atoms with van der Waals surface area (Å²) in [5, 5.41) is 1.43. The van der Waals surface area contributed by atoms with Gasteiger partial charge in [-0.05, 0) is 45.3 Å². The smallest absolute Gasteiger partial charge is 0.295 e. The average Bonchev–Trinajstić information content (AvgIpc) is 3.38. The topological polar surface area (TPSA) is 68.0 Å². The zero-order valence-corrected chi connectivity index (χ0v) is 18.9. The molecule has 4 aromatic rings. The molecule has 0 aliphatic rings. The van der Waals surface area contributed by atoms with Crippen molar-refractivity contribution in [1.29, 1.82) is 0 Å². The molecule has 2 heterocycles. The van der Waals surface area contributed by atoms with Crippen molar-refractivity contribution in [2.24, 2.45) is 0 Å². The summed E-state index contributed by atoms with van der Waals surface area (Å²) < 4.78 is 18.0. The van der Waals surface area contributed by atoms with E-state index < -0.39 is 0 Å². The maximum atomic E-state index is 13.5. The largest absolute Gasteiger partial charge is 0.494 e. The lowest BCUT2D eigenvalue weighted by Crippen LogP contribution is -2.36. The van der Waals surface area contributed by atoms with Gasteiger partial charge >= 0.3 is 0 Å². The van der Waals surface area contributed by atoms with Crippen LogP contribution >= 0.6 is 11.3 Å². The van der Waals surface area contributed by atoms with Crippen LogP contribution in [0.2, 0.25) is 0 Å². The van der Waals surface area contributed by atoms with Crippen molar-refractivity contribution >= 4 is 43.6 Å². The Morgan fingerprint density at radius 3 is 2.65 bits per heavy atom. The second-order valence-corrected chi connectivity index (χ2v) is 8.29. The average molecular weight is 440 g/mol. The summed E-state index contributed by atoms with van der Waals surface area (Å²) in [5.74, 6) is 1.33. The number of furan rings is 1. The maximum Gasteiger partial charge on any atom is 0.295 e. The van der Waals surface area contributed by atoms with Gasteiger partial charge < -0.3 is 18.8 Å². The summed E-state index contributed by atoms with van der Waals surface area (Å²) in [6, 6.07) is 13.2. The zero-order valence-electron chi connectivity index (χ0n) is 18.0. The fraction of sp³-hybridized carbons (Fsp3) is 0.304. The van der Waals surface area contributed by atoms with Crippen LogP contribution in [-0.2, 0) is 0 Å². The molecule has 0 atom stereocenters. The number of fused-ring (bicyclic) bond motifs is 2. The first-order chi connectivity index (χ1) is 15.0. The zero-order chi connectivity index (χ0) is 22.0. The molecule has 4 rings (SSSR count). The van der Waals surface area contributed by atoms with Crippen molar-refractivity contribution in [2.45, 2.75) is 6.92 Å². The van der Waals surface area contributed by atoms with Gasteiger partial charge in [-0.15, -0.1) is 0 Å². The number of likely N-dealkylation sites (N-methyl/N-ethyl adjacent to an activating group) is 1. The van der Waals surface area contributed by atoms with E-state index >= 15 is 0 Å². The Morgan fingerprint density at radius 2 is 1.90 bits per heavy atom. The SMILES string of the molecule is CCOc1cccc2cc(C(=O)N(CCN(C)C)c3nc4c(OC)cccc4s3)oc12. The molecule has 8 heteroatoms. The third-order valence-electron chi connectivity index (χ3n) is 4.86. The maximum absolute atomic E-state index is 13.5. The van der Waals surface area contributed by atoms with E-state index in [2.05, 4.69) is 0 Å². The Hall–Kier alpha value is -3.10. The van der Waals surface area contributed by atoms with Crippen LogP contribution in [0.4, 0.5) is 5.13 Å². The Balaban J connectivity index is 1.75. The normalized spacial score (nSPS) is 11.4. The first-order valence-electron chi connectivity index (χ1n) is 10.1. The van der Waals surface area contributed by atoms with Crippen molar-refractivity contribution in [3.8, 4) is 11.5 Å². The number of nitrogens with zero attached hydrogens (tertiary/aromatic N) is 3. The molecule has 0 aliphatic heterocycles. The Kier molecular flexibility index (Phi) is 6.11. The minimum absolute atomic E-state index is 0.237. The van der Waals surface area contributed by atoms with E-state index in [1.807, 2.05) is 62.3 Å². The highest BCUT2D eigenvalue weighted by molar-refractivity contribution is 7.22. The molecule has 0 radical (unpaired) electrons. The van der Waals surface area contributed by atoms with Gasteiger partial charge in [0.05, 0.1) is 18.4 Å². The molecule has 7 nitrogen and oxygen atoms in total. The number of aromatic nitrogens is 1. The van der Waals surface area contributed by atoms with Gasteiger partial charge in [0, 0.05) is 18.5 Å². The van der Waals surface area contributed by atoms with E-state index in [0.717, 1.165) is 15.6 Å². The first kappa shape index (κ1) is 21.1. The Morgan fingerprint density at radius 1 is 1.13 bits per heavy atom. The third kappa shape index (κ3) is 4.22. The van der Waals surface area contributed by atoms with Crippen LogP contribution < -0.4 is 14.4 Å². The van der Waals surface area contributed by atoms with Crippen molar-refractivity contribution in [1.82, 2.24) is 9.88 Å². The number of carbonyl (C=O) groups excluding carboxylic acids is 1. The highest BCUT2D eigenvalue weighted by Crippen LogP contribution is 2.35. The van der Waals surface area contributed by atoms with Gasteiger partial charge in [0.1, 0.15) is 11.3 Å². The number of hydrogen-bond acceptors (Lipinski definition) is 7. The van der Waals surface area contributed by atoms with Gasteiger partial charge in [-0.25, -0.2) is 4.98 Å². The molecule has 2 aromatic carbocycles. The van der Waals surface area contributed by atoms with Gasteiger partial charge in [0.2, 0.25) is 0 Å². The van der Waals surface area contributed by atoms with E-state index in [4.69, 9.17) is 18.9 Å². The van der Waals surface area contributed by atoms with Crippen LogP contribution in [0.5, 0.6) is 11.5 Å². The van der Waals surface area contributed by atoms with Crippen molar-refractivity contribution < 1.29 is 18.7 Å². The number of anilines is 1. The summed E-state index contributed by atoms with van der Waals surface area (Å²) >= 11 is 1.46. The monoisotopic (exact) mass is 439 g/mol. The second-order valence-electron chi connectivity index (χ2n) is 7.28. The van der Waals surface area contributed by atoms with Crippen molar-refractivity contribution in [3.63, 3.8) is 0 Å². The van der Waals surface area contributed by atoms with E-state index in [9.17, 15) is 4.79 Å². The molecule has 0 N–H and O–H groups in total. The van der Waals surface area contributed by atoms with Crippen LogP contribution in [-0.4, -0.2) is 56.7 Å². The molecule has 162 valence electrons. The number of methoxy groups -OCH3 is 1. The molecule has 0 saturated carbocycles. The van der Waals surface area contributed by atoms with Crippen molar-refractivity contribution in [2.75, 3.05) is 45.8 Å². The van der Waals surface area contributed by atoms with Gasteiger partial charge in [-0.2, -0.15) is 0 Å². The summed E-state index contributed by atoms with van der Waals surface area (Å²) in [6.07, 6.45) is 0. The molecule has 0 saturated heterocycles. The number of para-hydroxylation sites is 2. The minimum Gasteiger partial charge on any atom is -0.494 e. The molecule has 2 aromatic heterocycles. The number of benzene rings is 2. The van der Waals surface area contributed by atoms with E-state index in [1.165, 1.54) is 11.3 Å². The van der Waals surface area contributed by atoms with Gasteiger partial charge in [-0.1, -0.05) is 29.5 Å². The standard InChI is InChI=1S/C23H25N3O4S/c1-5-29-17-10-6-8-15-14-18(30-21(15)17)22(27)26(13-12-25(2)3)23-24-20-16(28-4)9-7-11-19(20)31-23/h6-11,14H,5,12-13H2,1-4H3. The molecule has 1 amide bonds. The molecular formula is C23H25N3O4S. The minimum atomic E-state index is -0.237. The Bertz CT molecular complexity index is 1210. The quantitative estimate of drug-likeness (QED) is 0.398. The summed E-state index contributed by atoms with van der Waals surface area (Å²) in [7, 11) is 5.56. The number of amides is 1. The van der Waals surface area contributed by atoms with E-state index in [-0.39, 0.29) is 11.7 Å². The lowest BCUT2D eigenvalue weighted by Gasteiger charge is -2.20. The fourth-order valence-corrected chi connectivity index (χ4v) is 4.33. The van der Waals surface area contributed by atoms with Gasteiger partial charge in [0.25, 0.3) is 5.91 Å². The fourth-order valence-electron chi connectivity index (χ4n) is 3.32. The summed E-state index contributed by atoms with van der Waals surface area (Å²) in [4.78, 5) is 22.0. The number of thiazole rings is 1. The van der Waals surface area contributed by atoms with E-state index in [0.29, 0.717) is 41.9 Å². The van der Waals surface area contributed by atoms with Crippen LogP contribution in [0.25, 0.3) is 21.2 Å². The van der Waals surface area contributed by atoms with Crippen LogP contribution in [0, 0.1) is 0 Å². The highest BCUT2D eigenvalue weighted by Gasteiger charge is 2.25. The highest BCUT2D eigenvalue weighted by atomic mass is 32.1. The number of ether oxygens (including phenoxy) is 2. The molecule has 31 heavy (non-hydrogen) atoms. The molecule has 0 bridgehead atoms. The third-order valence-corrected chi connectivity index (χ3v) is 5.90. The summed E-state index contributed by atoms with van der Waals surface area (Å²) in [5.41, 5.74) is 1.32. The first-order valence-corrected chi connectivity index (χ1v) is 10.9. The lowest BCUT2D eigenvalue weighted by atomic mass is 10.2. The predicted molar refractivity (Wildman–Crippen MR) is 124 cm³/mol. The molecule has 0 fully saturated rings. The molecule has 0 unspecified atom stereocenters. The van der Waals surface area contributed by atoms with Gasteiger partial charge in [-0.3, -0.25) is 9.69 Å². The molecule has 0 aliphatic carbocycles. The molecule has 0 spiro atoms. The van der Waals surface area contributed by atoms with Gasteiger partial charge in [0.15, 0.2) is 22.2 Å². The van der Waals surface area contributed by atoms with Crippen molar-refractivity contribution in [3.05, 3.63) is 48.2 Å². The number of rotatable bonds is 8. The van der Waals surface area contributed by atoms with Crippen LogP contribution in [0.3, 0.4) is 0 Å². The predicted octanol–water partition coefficient (Wildman–Crippen LogP) is 4.66. The number of hydrogen-bond donors (Lipinski definition) is 0. The lowest BCUT2D eigenvalue weighted by molar-refractivity contribution is 0.0960. The Labute approximate surface area is 184 Å². The van der Waals surface area contributed by atoms with Crippen LogP contribution in [0.1, 0.15) is 17.5 Å². The van der Waals surface area contributed by atoms with E-state index in [1.54, 1.807) is 18.1 Å². The van der Waals surface area contributed by atoms with Crippen LogP contribution in [0.15, 0.2) is 46.9 Å².